The lowest BCUT2D eigenvalue weighted by molar-refractivity contribution is 0.0931. The standard InChI is InChI=1S/C21H18N4OS/c1-15(17-10-5-6-12-22-17)23-21(26)19-14-18(20-11-7-13-27-20)24-25(19)16-8-3-2-4-9-16/h2-15H,1H3,(H,23,26)/t15-/m0/s1. The number of pyridine rings is 1. The van der Waals surface area contributed by atoms with Gasteiger partial charge in [-0.1, -0.05) is 30.3 Å². The number of carbonyl (C=O) groups is 1. The lowest BCUT2D eigenvalue weighted by Gasteiger charge is -2.14. The summed E-state index contributed by atoms with van der Waals surface area (Å²) in [5.74, 6) is -0.188. The maximum Gasteiger partial charge on any atom is 0.270 e. The zero-order valence-electron chi connectivity index (χ0n) is 14.7. The molecule has 0 fully saturated rings. The highest BCUT2D eigenvalue weighted by molar-refractivity contribution is 7.13. The summed E-state index contributed by atoms with van der Waals surface area (Å²) in [4.78, 5) is 18.4. The molecule has 134 valence electrons. The number of thiophene rings is 1. The second kappa shape index (κ2) is 7.55. The highest BCUT2D eigenvalue weighted by atomic mass is 32.1. The monoisotopic (exact) mass is 374 g/mol. The number of amides is 1. The van der Waals surface area contributed by atoms with Crippen molar-refractivity contribution in [2.24, 2.45) is 0 Å². The van der Waals surface area contributed by atoms with Gasteiger partial charge in [-0.25, -0.2) is 4.68 Å². The molecule has 5 nitrogen and oxygen atoms in total. The summed E-state index contributed by atoms with van der Waals surface area (Å²) in [6.45, 7) is 1.92. The number of aromatic nitrogens is 3. The van der Waals surface area contributed by atoms with Gasteiger partial charge in [0.2, 0.25) is 0 Å². The Morgan fingerprint density at radius 1 is 1.07 bits per heavy atom. The van der Waals surface area contributed by atoms with Crippen molar-refractivity contribution in [1.82, 2.24) is 20.1 Å². The Morgan fingerprint density at radius 3 is 2.59 bits per heavy atom. The summed E-state index contributed by atoms with van der Waals surface area (Å²) in [5, 5.41) is 9.70. The van der Waals surface area contributed by atoms with Gasteiger partial charge in [-0.2, -0.15) is 5.10 Å². The van der Waals surface area contributed by atoms with E-state index in [1.165, 1.54) is 0 Å². The van der Waals surface area contributed by atoms with E-state index >= 15 is 0 Å². The highest BCUT2D eigenvalue weighted by Gasteiger charge is 2.20. The van der Waals surface area contributed by atoms with Crippen LogP contribution in [0.1, 0.15) is 29.1 Å². The molecule has 0 aliphatic heterocycles. The Kier molecular flexibility index (Phi) is 4.80. The third kappa shape index (κ3) is 3.66. The van der Waals surface area contributed by atoms with Gasteiger partial charge < -0.3 is 5.32 Å². The van der Waals surface area contributed by atoms with Gasteiger partial charge in [0.25, 0.3) is 5.91 Å². The Morgan fingerprint density at radius 2 is 1.89 bits per heavy atom. The lowest BCUT2D eigenvalue weighted by atomic mass is 10.2. The normalized spacial score (nSPS) is 11.9. The SMILES string of the molecule is C[C@H](NC(=O)c1cc(-c2cccs2)nn1-c1ccccc1)c1ccccn1. The van der Waals surface area contributed by atoms with Crippen LogP contribution >= 0.6 is 11.3 Å². The predicted octanol–water partition coefficient (Wildman–Crippen LogP) is 4.49. The smallest absolute Gasteiger partial charge is 0.270 e. The summed E-state index contributed by atoms with van der Waals surface area (Å²) in [6.07, 6.45) is 1.72. The van der Waals surface area contributed by atoms with E-state index in [9.17, 15) is 4.79 Å². The lowest BCUT2D eigenvalue weighted by Crippen LogP contribution is -2.29. The molecule has 0 unspecified atom stereocenters. The van der Waals surface area contributed by atoms with Crippen LogP contribution in [0.3, 0.4) is 0 Å². The molecule has 27 heavy (non-hydrogen) atoms. The van der Waals surface area contributed by atoms with Crippen molar-refractivity contribution in [3.8, 4) is 16.3 Å². The van der Waals surface area contributed by atoms with Gasteiger partial charge in [-0.15, -0.1) is 11.3 Å². The summed E-state index contributed by atoms with van der Waals surface area (Å²) in [7, 11) is 0. The minimum Gasteiger partial charge on any atom is -0.343 e. The van der Waals surface area contributed by atoms with Crippen LogP contribution < -0.4 is 5.32 Å². The first kappa shape index (κ1) is 17.2. The van der Waals surface area contributed by atoms with Crippen molar-refractivity contribution >= 4 is 17.2 Å². The van der Waals surface area contributed by atoms with Crippen molar-refractivity contribution in [2.45, 2.75) is 13.0 Å². The molecule has 0 bridgehead atoms. The molecular formula is C21H18N4OS. The molecule has 4 aromatic rings. The predicted molar refractivity (Wildman–Crippen MR) is 107 cm³/mol. The average molecular weight is 374 g/mol. The highest BCUT2D eigenvalue weighted by Crippen LogP contribution is 2.26. The summed E-state index contributed by atoms with van der Waals surface area (Å²) in [5.41, 5.74) is 2.93. The van der Waals surface area contributed by atoms with Crippen LogP contribution in [0, 0.1) is 0 Å². The largest absolute Gasteiger partial charge is 0.343 e. The topological polar surface area (TPSA) is 59.8 Å². The van der Waals surface area contributed by atoms with E-state index in [-0.39, 0.29) is 11.9 Å². The minimum atomic E-state index is -0.206. The van der Waals surface area contributed by atoms with Crippen LogP contribution in [-0.2, 0) is 0 Å². The Labute approximate surface area is 161 Å². The number of hydrogen-bond acceptors (Lipinski definition) is 4. The first-order valence-corrected chi connectivity index (χ1v) is 9.51. The molecule has 4 rings (SSSR count). The number of hydrogen-bond donors (Lipinski definition) is 1. The van der Waals surface area contributed by atoms with Crippen LogP contribution in [0.2, 0.25) is 0 Å². The number of nitrogens with zero attached hydrogens (tertiary/aromatic N) is 3. The Hall–Kier alpha value is -3.25. The number of para-hydroxylation sites is 1. The molecule has 6 heteroatoms. The fourth-order valence-electron chi connectivity index (χ4n) is 2.83. The van der Waals surface area contributed by atoms with Crippen LogP contribution in [0.4, 0.5) is 0 Å². The molecule has 1 amide bonds. The summed E-state index contributed by atoms with van der Waals surface area (Å²) >= 11 is 1.60. The zero-order chi connectivity index (χ0) is 18.6. The van der Waals surface area contributed by atoms with Crippen molar-refractivity contribution < 1.29 is 4.79 Å². The molecular weight excluding hydrogens is 356 g/mol. The molecule has 0 aliphatic carbocycles. The molecule has 0 saturated carbocycles. The first-order chi connectivity index (χ1) is 13.2. The molecule has 1 N–H and O–H groups in total. The fraction of sp³-hybridized carbons (Fsp3) is 0.0952. The maximum atomic E-state index is 13.0. The van der Waals surface area contributed by atoms with Crippen LogP contribution in [0.15, 0.2) is 78.3 Å². The number of benzene rings is 1. The Balaban J connectivity index is 1.69. The minimum absolute atomic E-state index is 0.188. The van der Waals surface area contributed by atoms with Crippen molar-refractivity contribution in [3.05, 3.63) is 89.7 Å². The van der Waals surface area contributed by atoms with Gasteiger partial charge in [0.05, 0.1) is 22.3 Å². The fourth-order valence-corrected chi connectivity index (χ4v) is 3.51. The second-order valence-electron chi connectivity index (χ2n) is 6.09. The van der Waals surface area contributed by atoms with Crippen molar-refractivity contribution in [3.63, 3.8) is 0 Å². The van der Waals surface area contributed by atoms with Gasteiger partial charge in [-0.3, -0.25) is 9.78 Å². The van der Waals surface area contributed by atoms with Crippen LogP contribution in [0.25, 0.3) is 16.3 Å². The maximum absolute atomic E-state index is 13.0. The molecule has 0 aliphatic rings. The van der Waals surface area contributed by atoms with Gasteiger partial charge in [0.1, 0.15) is 11.4 Å². The Bertz CT molecular complexity index is 1030. The van der Waals surface area contributed by atoms with Gasteiger partial charge in [-0.05, 0) is 48.7 Å². The van der Waals surface area contributed by atoms with Gasteiger partial charge >= 0.3 is 0 Å². The molecule has 1 atom stereocenters. The summed E-state index contributed by atoms with van der Waals surface area (Å²) in [6, 6.07) is 20.9. The van der Waals surface area contributed by atoms with E-state index in [1.54, 1.807) is 22.2 Å². The first-order valence-electron chi connectivity index (χ1n) is 8.63. The number of rotatable bonds is 5. The van der Waals surface area contributed by atoms with E-state index in [2.05, 4.69) is 15.4 Å². The zero-order valence-corrected chi connectivity index (χ0v) is 15.6. The molecule has 0 spiro atoms. The van der Waals surface area contributed by atoms with Crippen LogP contribution in [-0.4, -0.2) is 20.7 Å². The second-order valence-corrected chi connectivity index (χ2v) is 7.04. The number of nitrogens with one attached hydrogen (secondary N) is 1. The number of carbonyl (C=O) groups excluding carboxylic acids is 1. The molecule has 0 saturated heterocycles. The molecule has 3 aromatic heterocycles. The van der Waals surface area contributed by atoms with Crippen molar-refractivity contribution in [1.29, 1.82) is 0 Å². The van der Waals surface area contributed by atoms with Crippen LogP contribution in [0.5, 0.6) is 0 Å². The van der Waals surface area contributed by atoms with E-state index in [0.29, 0.717) is 5.69 Å². The van der Waals surface area contributed by atoms with E-state index in [1.807, 2.05) is 79.0 Å². The summed E-state index contributed by atoms with van der Waals surface area (Å²) < 4.78 is 1.69. The van der Waals surface area contributed by atoms with Crippen molar-refractivity contribution in [2.75, 3.05) is 0 Å². The van der Waals surface area contributed by atoms with E-state index in [4.69, 9.17) is 0 Å². The third-order valence-electron chi connectivity index (χ3n) is 4.20. The van der Waals surface area contributed by atoms with Gasteiger partial charge in [0.15, 0.2) is 0 Å². The quantitative estimate of drug-likeness (QED) is 0.560. The molecule has 0 radical (unpaired) electrons. The van der Waals surface area contributed by atoms with Gasteiger partial charge in [0, 0.05) is 6.20 Å². The van der Waals surface area contributed by atoms with E-state index < -0.39 is 0 Å². The molecule has 1 aromatic carbocycles. The third-order valence-corrected chi connectivity index (χ3v) is 5.09. The average Bonchev–Trinajstić information content (AvgIpc) is 3.39. The molecule has 3 heterocycles. The van der Waals surface area contributed by atoms with E-state index in [0.717, 1.165) is 22.0 Å².